The smallest absolute Gasteiger partial charge is 0.179 e. The van der Waals surface area contributed by atoms with Gasteiger partial charge in [-0.05, 0) is 90.5 Å². The molecule has 352 valence electrons. The first-order valence-corrected chi connectivity index (χ1v) is 27.9. The minimum Gasteiger partial charge on any atom is -0.309 e. The van der Waals surface area contributed by atoms with E-state index in [2.05, 4.69) is 312 Å². The number of hydrogen-bond acceptors (Lipinski definition) is 0. The van der Waals surface area contributed by atoms with Gasteiger partial charge in [0.1, 0.15) is 0 Å². The summed E-state index contributed by atoms with van der Waals surface area (Å²) in [5.74, 6) is 0. The molecule has 0 spiro atoms. The molecule has 0 saturated carbocycles. The normalized spacial score (nSPS) is 11.7. The summed E-state index contributed by atoms with van der Waals surface area (Å²) in [6.45, 7) is 0. The van der Waals surface area contributed by atoms with E-state index in [1.165, 1.54) is 86.7 Å². The summed E-state index contributed by atoms with van der Waals surface area (Å²) in [6, 6.07) is 113. The van der Waals surface area contributed by atoms with Crippen molar-refractivity contribution >= 4 is 72.4 Å². The number of para-hydroxylation sites is 3. The van der Waals surface area contributed by atoms with E-state index < -0.39 is 8.07 Å². The lowest BCUT2D eigenvalue weighted by molar-refractivity contribution is 1.17. The maximum atomic E-state index is 2.58. The molecule has 2 heterocycles. The number of rotatable bonds is 10. The van der Waals surface area contributed by atoms with E-state index in [0.717, 1.165) is 33.5 Å². The summed E-state index contributed by atoms with van der Waals surface area (Å²) >= 11 is 0. The lowest BCUT2D eigenvalue weighted by Gasteiger charge is -2.36. The average Bonchev–Trinajstić information content (AvgIpc) is 4.01. The van der Waals surface area contributed by atoms with Crippen molar-refractivity contribution in [3.8, 4) is 55.9 Å². The summed E-state index contributed by atoms with van der Waals surface area (Å²) < 4.78 is 5.00. The zero-order valence-electron chi connectivity index (χ0n) is 41.3. The molecular weight excluding hydrogens is 921 g/mol. The fraction of sp³-hybridized carbons (Fsp3) is 0. The Bertz CT molecular complexity index is 4190. The highest BCUT2D eigenvalue weighted by atomic mass is 28.3. The van der Waals surface area contributed by atoms with Gasteiger partial charge in [-0.15, -0.1) is 0 Å². The van der Waals surface area contributed by atoms with Crippen LogP contribution < -0.4 is 20.7 Å². The van der Waals surface area contributed by atoms with Crippen LogP contribution in [-0.4, -0.2) is 17.2 Å². The van der Waals surface area contributed by atoms with Gasteiger partial charge in [0.2, 0.25) is 0 Å². The van der Waals surface area contributed by atoms with Crippen molar-refractivity contribution in [1.82, 2.24) is 9.13 Å². The Hall–Kier alpha value is -9.54. The average molecular weight is 971 g/mol. The highest BCUT2D eigenvalue weighted by Gasteiger charge is 2.43. The van der Waals surface area contributed by atoms with Gasteiger partial charge in [0.25, 0.3) is 0 Å². The van der Waals surface area contributed by atoms with E-state index in [1.54, 1.807) is 0 Å². The minimum atomic E-state index is -3.27. The van der Waals surface area contributed by atoms with Crippen LogP contribution in [0.15, 0.2) is 303 Å². The molecule has 0 aliphatic rings. The zero-order valence-corrected chi connectivity index (χ0v) is 42.3. The van der Waals surface area contributed by atoms with Gasteiger partial charge in [-0.3, -0.25) is 0 Å². The van der Waals surface area contributed by atoms with Gasteiger partial charge in [-0.1, -0.05) is 267 Å². The summed E-state index contributed by atoms with van der Waals surface area (Å²) in [4.78, 5) is 0. The quantitative estimate of drug-likeness (QED) is 0.0955. The van der Waals surface area contributed by atoms with Crippen molar-refractivity contribution in [1.29, 1.82) is 0 Å². The second kappa shape index (κ2) is 18.5. The fourth-order valence-electron chi connectivity index (χ4n) is 12.1. The molecule has 0 unspecified atom stereocenters. The largest absolute Gasteiger partial charge is 0.309 e. The van der Waals surface area contributed by atoms with Gasteiger partial charge in [0.15, 0.2) is 8.07 Å². The first kappa shape index (κ1) is 44.2. The Morgan fingerprint density at radius 2 is 0.573 bits per heavy atom. The Balaban J connectivity index is 1.12. The van der Waals surface area contributed by atoms with Crippen molar-refractivity contribution in [3.63, 3.8) is 0 Å². The lowest BCUT2D eigenvalue weighted by Crippen LogP contribution is -2.74. The predicted octanol–water partition coefficient (Wildman–Crippen LogP) is 15.9. The van der Waals surface area contributed by atoms with Crippen LogP contribution >= 0.6 is 0 Å². The third-order valence-corrected chi connectivity index (χ3v) is 20.2. The second-order valence-corrected chi connectivity index (χ2v) is 23.4. The van der Waals surface area contributed by atoms with E-state index in [1.807, 2.05) is 0 Å². The molecule has 0 amide bonds. The number of hydrogen-bond donors (Lipinski definition) is 0. The van der Waals surface area contributed by atoms with E-state index >= 15 is 0 Å². The standard InChI is InChI=1S/C72H50N2Si/c1-6-24-51(25-7-1)55-32-22-36-59(46-55)75(58-34-14-5-15-35-58,60-37-23-33-56(47-60)52-26-8-2-9-27-52)61-49-65(53-28-10-3-11-29-53)72(66(50-61)54-30-12-4-13-31-54)74-70-43-21-18-40-64(70)67-48-57(44-45-71(67)74)73-68-41-19-16-38-62(68)63-39-17-20-42-69(63)73/h1-50H. The van der Waals surface area contributed by atoms with Gasteiger partial charge in [-0.25, -0.2) is 0 Å². The molecular formula is C72H50N2Si. The molecule has 2 nitrogen and oxygen atoms in total. The molecule has 3 heteroatoms. The maximum absolute atomic E-state index is 3.27. The van der Waals surface area contributed by atoms with E-state index in [-0.39, 0.29) is 0 Å². The third kappa shape index (κ3) is 7.39. The molecule has 0 aliphatic heterocycles. The molecule has 14 aromatic rings. The van der Waals surface area contributed by atoms with Crippen LogP contribution in [0.25, 0.3) is 99.5 Å². The molecule has 0 aliphatic carbocycles. The van der Waals surface area contributed by atoms with Crippen LogP contribution in [0.5, 0.6) is 0 Å². The molecule has 12 aromatic carbocycles. The molecule has 0 atom stereocenters. The molecule has 14 rings (SSSR count). The summed E-state index contributed by atoms with van der Waals surface area (Å²) in [6.07, 6.45) is 0. The molecule has 0 saturated heterocycles. The van der Waals surface area contributed by atoms with Crippen LogP contribution in [0.3, 0.4) is 0 Å². The lowest BCUT2D eigenvalue weighted by atomic mass is 9.95. The van der Waals surface area contributed by atoms with Gasteiger partial charge < -0.3 is 9.13 Å². The highest BCUT2D eigenvalue weighted by Crippen LogP contribution is 2.43. The molecule has 0 radical (unpaired) electrons. The summed E-state index contributed by atoms with van der Waals surface area (Å²) in [5, 5.41) is 10.2. The van der Waals surface area contributed by atoms with Crippen LogP contribution in [-0.2, 0) is 0 Å². The van der Waals surface area contributed by atoms with Gasteiger partial charge in [-0.2, -0.15) is 0 Å². The zero-order chi connectivity index (χ0) is 49.7. The Morgan fingerprint density at radius 1 is 0.213 bits per heavy atom. The van der Waals surface area contributed by atoms with Crippen LogP contribution in [0.2, 0.25) is 0 Å². The number of aromatic nitrogens is 2. The SMILES string of the molecule is c1ccc(-c2cccc([Si](c3ccccc3)(c3cccc(-c4ccccc4)c3)c3cc(-c4ccccc4)c(-n4c5ccccc5c5cc(-n6c7ccccc7c7ccccc76)ccc54)c(-c4ccccc4)c3)c2)cc1. The van der Waals surface area contributed by atoms with Crippen LogP contribution in [0.4, 0.5) is 0 Å². The Labute approximate surface area is 438 Å². The first-order valence-electron chi connectivity index (χ1n) is 25.9. The highest BCUT2D eigenvalue weighted by molar-refractivity contribution is 7.20. The Morgan fingerprint density at radius 3 is 1.05 bits per heavy atom. The van der Waals surface area contributed by atoms with Crippen molar-refractivity contribution in [3.05, 3.63) is 303 Å². The van der Waals surface area contributed by atoms with Gasteiger partial charge in [0, 0.05) is 38.4 Å². The first-order chi connectivity index (χ1) is 37.2. The second-order valence-electron chi connectivity index (χ2n) is 19.6. The van der Waals surface area contributed by atoms with E-state index in [9.17, 15) is 0 Å². The summed E-state index contributed by atoms with van der Waals surface area (Å²) in [7, 11) is -3.27. The van der Waals surface area contributed by atoms with E-state index in [4.69, 9.17) is 0 Å². The van der Waals surface area contributed by atoms with Gasteiger partial charge >= 0.3 is 0 Å². The number of fused-ring (bicyclic) bond motifs is 6. The number of nitrogens with zero attached hydrogens (tertiary/aromatic N) is 2. The Kier molecular flexibility index (Phi) is 10.9. The topological polar surface area (TPSA) is 9.86 Å². The predicted molar refractivity (Wildman–Crippen MR) is 320 cm³/mol. The number of benzene rings is 12. The monoisotopic (exact) mass is 970 g/mol. The van der Waals surface area contributed by atoms with Crippen LogP contribution in [0.1, 0.15) is 0 Å². The maximum Gasteiger partial charge on any atom is 0.179 e. The van der Waals surface area contributed by atoms with Crippen molar-refractivity contribution in [2.24, 2.45) is 0 Å². The minimum absolute atomic E-state index is 1.14. The molecule has 75 heavy (non-hydrogen) atoms. The molecule has 0 N–H and O–H groups in total. The van der Waals surface area contributed by atoms with Crippen LogP contribution in [0, 0.1) is 0 Å². The van der Waals surface area contributed by atoms with E-state index in [0.29, 0.717) is 0 Å². The van der Waals surface area contributed by atoms with Crippen molar-refractivity contribution < 1.29 is 0 Å². The van der Waals surface area contributed by atoms with Gasteiger partial charge in [0.05, 0.1) is 27.8 Å². The van der Waals surface area contributed by atoms with Crippen molar-refractivity contribution in [2.75, 3.05) is 0 Å². The molecule has 0 bridgehead atoms. The summed E-state index contributed by atoms with van der Waals surface area (Å²) in [5.41, 5.74) is 16.5. The van der Waals surface area contributed by atoms with Crippen molar-refractivity contribution in [2.45, 2.75) is 0 Å². The third-order valence-electron chi connectivity index (χ3n) is 15.4. The molecule has 2 aromatic heterocycles. The fourth-order valence-corrected chi connectivity index (χ4v) is 17.0. The molecule has 0 fully saturated rings.